The summed E-state index contributed by atoms with van der Waals surface area (Å²) in [5.74, 6) is -0.226. The quantitative estimate of drug-likeness (QED) is 0.593. The fraction of sp³-hybridized carbons (Fsp3) is 0.545. The molecule has 1 atom stereocenters. The van der Waals surface area contributed by atoms with Crippen LogP contribution in [0.5, 0.6) is 0 Å². The first-order chi connectivity index (χ1) is 7.24. The van der Waals surface area contributed by atoms with Gasteiger partial charge in [-0.25, -0.2) is 0 Å². The molecule has 0 saturated carbocycles. The van der Waals surface area contributed by atoms with Crippen molar-refractivity contribution in [1.29, 1.82) is 0 Å². The predicted octanol–water partition coefficient (Wildman–Crippen LogP) is 1.69. The Labute approximate surface area is 94.5 Å². The van der Waals surface area contributed by atoms with Crippen LogP contribution in [-0.2, 0) is 16.0 Å². The van der Waals surface area contributed by atoms with E-state index in [1.54, 1.807) is 11.3 Å². The summed E-state index contributed by atoms with van der Waals surface area (Å²) in [5.41, 5.74) is 1.35. The first kappa shape index (κ1) is 12.2. The van der Waals surface area contributed by atoms with E-state index < -0.39 is 0 Å². The molecule has 0 aliphatic heterocycles. The van der Waals surface area contributed by atoms with E-state index >= 15 is 0 Å². The van der Waals surface area contributed by atoms with E-state index in [0.717, 1.165) is 13.0 Å². The smallest absolute Gasteiger partial charge is 0.309 e. The van der Waals surface area contributed by atoms with E-state index in [1.165, 1.54) is 12.7 Å². The molecule has 0 amide bonds. The SMILES string of the molecule is COC(=O)C(C)CNCCc1ccsc1. The molecule has 1 unspecified atom stereocenters. The number of hydrogen-bond acceptors (Lipinski definition) is 4. The molecule has 84 valence electrons. The summed E-state index contributed by atoms with van der Waals surface area (Å²) in [4.78, 5) is 11.1. The Morgan fingerprint density at radius 3 is 3.07 bits per heavy atom. The van der Waals surface area contributed by atoms with Crippen molar-refractivity contribution in [2.24, 2.45) is 5.92 Å². The summed E-state index contributed by atoms with van der Waals surface area (Å²) in [5, 5.41) is 7.46. The fourth-order valence-electron chi connectivity index (χ4n) is 1.27. The largest absolute Gasteiger partial charge is 0.469 e. The highest BCUT2D eigenvalue weighted by Crippen LogP contribution is 2.05. The molecule has 0 bridgehead atoms. The van der Waals surface area contributed by atoms with Crippen LogP contribution in [0.2, 0.25) is 0 Å². The molecule has 0 saturated heterocycles. The van der Waals surface area contributed by atoms with E-state index in [2.05, 4.69) is 26.9 Å². The summed E-state index contributed by atoms with van der Waals surface area (Å²) in [6, 6.07) is 2.12. The average molecular weight is 227 g/mol. The second-order valence-electron chi connectivity index (χ2n) is 3.51. The molecule has 1 aromatic heterocycles. The highest BCUT2D eigenvalue weighted by molar-refractivity contribution is 7.07. The van der Waals surface area contributed by atoms with E-state index in [4.69, 9.17) is 0 Å². The fourth-order valence-corrected chi connectivity index (χ4v) is 1.97. The van der Waals surface area contributed by atoms with Gasteiger partial charge in [0.2, 0.25) is 0 Å². The lowest BCUT2D eigenvalue weighted by Crippen LogP contribution is -2.28. The monoisotopic (exact) mass is 227 g/mol. The molecule has 0 aliphatic carbocycles. The van der Waals surface area contributed by atoms with Crippen molar-refractivity contribution in [2.75, 3.05) is 20.2 Å². The van der Waals surface area contributed by atoms with E-state index in [9.17, 15) is 4.79 Å². The van der Waals surface area contributed by atoms with Gasteiger partial charge in [-0.2, -0.15) is 11.3 Å². The summed E-state index contributed by atoms with van der Waals surface area (Å²) in [6.07, 6.45) is 1.01. The number of carbonyl (C=O) groups is 1. The molecule has 0 fully saturated rings. The van der Waals surface area contributed by atoms with Gasteiger partial charge in [-0.3, -0.25) is 4.79 Å². The lowest BCUT2D eigenvalue weighted by atomic mass is 10.2. The maximum atomic E-state index is 11.1. The Hall–Kier alpha value is -0.870. The third-order valence-corrected chi connectivity index (χ3v) is 2.96. The van der Waals surface area contributed by atoms with Crippen LogP contribution in [0.25, 0.3) is 0 Å². The van der Waals surface area contributed by atoms with Crippen molar-refractivity contribution >= 4 is 17.3 Å². The molecule has 0 spiro atoms. The minimum Gasteiger partial charge on any atom is -0.469 e. The van der Waals surface area contributed by atoms with Crippen LogP contribution in [0.15, 0.2) is 16.8 Å². The second-order valence-corrected chi connectivity index (χ2v) is 4.29. The van der Waals surface area contributed by atoms with Gasteiger partial charge < -0.3 is 10.1 Å². The van der Waals surface area contributed by atoms with Crippen LogP contribution in [0, 0.1) is 5.92 Å². The molecule has 3 nitrogen and oxygen atoms in total. The molecule has 0 aliphatic rings. The first-order valence-electron chi connectivity index (χ1n) is 5.03. The van der Waals surface area contributed by atoms with Gasteiger partial charge in [-0.1, -0.05) is 6.92 Å². The highest BCUT2D eigenvalue weighted by atomic mass is 32.1. The normalized spacial score (nSPS) is 12.4. The Morgan fingerprint density at radius 1 is 1.67 bits per heavy atom. The number of nitrogens with one attached hydrogen (secondary N) is 1. The van der Waals surface area contributed by atoms with Crippen LogP contribution < -0.4 is 5.32 Å². The Balaban J connectivity index is 2.09. The Kier molecular flexibility index (Phi) is 5.36. The van der Waals surface area contributed by atoms with Gasteiger partial charge in [-0.05, 0) is 35.4 Å². The van der Waals surface area contributed by atoms with Crippen molar-refractivity contribution in [1.82, 2.24) is 5.32 Å². The maximum Gasteiger partial charge on any atom is 0.309 e. The number of hydrogen-bond donors (Lipinski definition) is 1. The summed E-state index contributed by atoms with van der Waals surface area (Å²) in [7, 11) is 1.42. The Morgan fingerprint density at radius 2 is 2.47 bits per heavy atom. The average Bonchev–Trinajstić information content (AvgIpc) is 2.75. The molecular formula is C11H17NO2S. The molecular weight excluding hydrogens is 210 g/mol. The topological polar surface area (TPSA) is 38.3 Å². The van der Waals surface area contributed by atoms with Crippen LogP contribution in [-0.4, -0.2) is 26.2 Å². The molecule has 1 aromatic rings. The van der Waals surface area contributed by atoms with Gasteiger partial charge in [0.1, 0.15) is 0 Å². The number of methoxy groups -OCH3 is 1. The highest BCUT2D eigenvalue weighted by Gasteiger charge is 2.11. The lowest BCUT2D eigenvalue weighted by Gasteiger charge is -2.09. The minimum atomic E-state index is -0.155. The molecule has 1 rings (SSSR count). The van der Waals surface area contributed by atoms with Crippen LogP contribution >= 0.6 is 11.3 Å². The van der Waals surface area contributed by atoms with Gasteiger partial charge in [-0.15, -0.1) is 0 Å². The molecule has 0 aromatic carbocycles. The first-order valence-corrected chi connectivity index (χ1v) is 5.98. The molecule has 0 radical (unpaired) electrons. The van der Waals surface area contributed by atoms with E-state index in [-0.39, 0.29) is 11.9 Å². The number of carbonyl (C=O) groups excluding carboxylic acids is 1. The van der Waals surface area contributed by atoms with Crippen molar-refractivity contribution < 1.29 is 9.53 Å². The van der Waals surface area contributed by atoms with Crippen LogP contribution in [0.3, 0.4) is 0 Å². The summed E-state index contributed by atoms with van der Waals surface area (Å²) in [6.45, 7) is 3.44. The standard InChI is InChI=1S/C11H17NO2S/c1-9(11(13)14-2)7-12-5-3-10-4-6-15-8-10/h4,6,8-9,12H,3,5,7H2,1-2H3. The van der Waals surface area contributed by atoms with Crippen molar-refractivity contribution in [3.05, 3.63) is 22.4 Å². The molecule has 4 heteroatoms. The zero-order valence-corrected chi connectivity index (χ0v) is 9.97. The zero-order valence-electron chi connectivity index (χ0n) is 9.16. The Bertz CT molecular complexity index is 285. The van der Waals surface area contributed by atoms with Gasteiger partial charge in [0.05, 0.1) is 13.0 Å². The second kappa shape index (κ2) is 6.58. The zero-order chi connectivity index (χ0) is 11.1. The number of ether oxygens (including phenoxy) is 1. The lowest BCUT2D eigenvalue weighted by molar-refractivity contribution is -0.144. The van der Waals surface area contributed by atoms with Gasteiger partial charge >= 0.3 is 5.97 Å². The number of esters is 1. The van der Waals surface area contributed by atoms with E-state index in [0.29, 0.717) is 6.54 Å². The maximum absolute atomic E-state index is 11.1. The third-order valence-electron chi connectivity index (χ3n) is 2.22. The summed E-state index contributed by atoms with van der Waals surface area (Å²) >= 11 is 1.71. The van der Waals surface area contributed by atoms with Gasteiger partial charge in [0, 0.05) is 6.54 Å². The molecule has 1 N–H and O–H groups in total. The van der Waals surface area contributed by atoms with Crippen LogP contribution in [0.1, 0.15) is 12.5 Å². The third kappa shape index (κ3) is 4.44. The van der Waals surface area contributed by atoms with Crippen molar-refractivity contribution in [2.45, 2.75) is 13.3 Å². The van der Waals surface area contributed by atoms with Gasteiger partial charge in [0.25, 0.3) is 0 Å². The minimum absolute atomic E-state index is 0.0718. The predicted molar refractivity (Wildman–Crippen MR) is 62.1 cm³/mol. The number of thiophene rings is 1. The van der Waals surface area contributed by atoms with Crippen molar-refractivity contribution in [3.8, 4) is 0 Å². The number of rotatable bonds is 6. The van der Waals surface area contributed by atoms with E-state index in [1.807, 2.05) is 6.92 Å². The summed E-state index contributed by atoms with van der Waals surface area (Å²) < 4.78 is 4.64. The van der Waals surface area contributed by atoms with Crippen molar-refractivity contribution in [3.63, 3.8) is 0 Å². The van der Waals surface area contributed by atoms with Crippen LogP contribution in [0.4, 0.5) is 0 Å². The molecule has 1 heterocycles. The molecule has 15 heavy (non-hydrogen) atoms. The van der Waals surface area contributed by atoms with Gasteiger partial charge in [0.15, 0.2) is 0 Å².